The Labute approximate surface area is 209 Å². The molecule has 0 unspecified atom stereocenters. The van der Waals surface area contributed by atoms with Crippen LogP contribution in [0.4, 0.5) is 11.4 Å². The van der Waals surface area contributed by atoms with E-state index in [2.05, 4.69) is 21.2 Å². The number of benzene rings is 3. The van der Waals surface area contributed by atoms with E-state index in [9.17, 15) is 14.4 Å². The van der Waals surface area contributed by atoms with Crippen molar-refractivity contribution in [1.29, 1.82) is 0 Å². The van der Waals surface area contributed by atoms with Gasteiger partial charge in [0.05, 0.1) is 13.3 Å². The van der Waals surface area contributed by atoms with Crippen LogP contribution in [0.5, 0.6) is 11.5 Å². The van der Waals surface area contributed by atoms with Crippen LogP contribution in [-0.4, -0.2) is 37.7 Å². The van der Waals surface area contributed by atoms with Gasteiger partial charge in [-0.2, -0.15) is 5.10 Å². The molecule has 3 aromatic rings. The van der Waals surface area contributed by atoms with Crippen molar-refractivity contribution in [2.75, 3.05) is 24.4 Å². The van der Waals surface area contributed by atoms with Gasteiger partial charge in [-0.15, -0.1) is 0 Å². The Bertz CT molecular complexity index is 1300. The molecule has 0 saturated heterocycles. The lowest BCUT2D eigenvalue weighted by Crippen LogP contribution is -2.32. The summed E-state index contributed by atoms with van der Waals surface area (Å²) < 4.78 is 11.1. The van der Waals surface area contributed by atoms with Crippen LogP contribution in [0.1, 0.15) is 22.3 Å². The summed E-state index contributed by atoms with van der Waals surface area (Å²) in [6, 6.07) is 17.9. The predicted molar refractivity (Wildman–Crippen MR) is 139 cm³/mol. The molecular weight excluding hydrogens is 460 g/mol. The first-order valence-electron chi connectivity index (χ1n) is 11.2. The molecule has 3 N–H and O–H groups in total. The zero-order valence-corrected chi connectivity index (χ0v) is 20.5. The Morgan fingerprint density at radius 2 is 1.53 bits per heavy atom. The van der Waals surface area contributed by atoms with Crippen molar-refractivity contribution in [1.82, 2.24) is 5.43 Å². The van der Waals surface area contributed by atoms with Crippen molar-refractivity contribution in [3.8, 4) is 11.5 Å². The number of hydrogen-bond donors (Lipinski definition) is 3. The Morgan fingerprint density at radius 1 is 0.833 bits per heavy atom. The number of ether oxygens (including phenoxy) is 2. The second-order valence-corrected chi connectivity index (χ2v) is 7.93. The summed E-state index contributed by atoms with van der Waals surface area (Å²) in [7, 11) is 1.47. The summed E-state index contributed by atoms with van der Waals surface area (Å²) in [4.78, 5) is 36.9. The zero-order valence-electron chi connectivity index (χ0n) is 20.5. The number of carbonyl (C=O) groups excluding carboxylic acids is 3. The number of aryl methyl sites for hydroxylation is 2. The first-order chi connectivity index (χ1) is 17.3. The van der Waals surface area contributed by atoms with Crippen molar-refractivity contribution in [2.45, 2.75) is 20.8 Å². The van der Waals surface area contributed by atoms with E-state index in [0.29, 0.717) is 22.7 Å². The molecule has 0 aliphatic rings. The quantitative estimate of drug-likeness (QED) is 0.254. The van der Waals surface area contributed by atoms with Crippen molar-refractivity contribution in [3.05, 3.63) is 82.9 Å². The highest BCUT2D eigenvalue weighted by Gasteiger charge is 2.15. The lowest BCUT2D eigenvalue weighted by atomic mass is 10.1. The molecule has 0 atom stereocenters. The van der Waals surface area contributed by atoms with Crippen LogP contribution in [0.2, 0.25) is 0 Å². The van der Waals surface area contributed by atoms with E-state index in [4.69, 9.17) is 9.47 Å². The van der Waals surface area contributed by atoms with Crippen LogP contribution in [0.3, 0.4) is 0 Å². The number of nitrogens with zero attached hydrogens (tertiary/aromatic N) is 1. The highest BCUT2D eigenvalue weighted by molar-refractivity contribution is 6.39. The third kappa shape index (κ3) is 6.69. The number of rotatable bonds is 8. The van der Waals surface area contributed by atoms with Crippen molar-refractivity contribution in [2.24, 2.45) is 5.10 Å². The average Bonchev–Trinajstić information content (AvgIpc) is 2.87. The van der Waals surface area contributed by atoms with E-state index < -0.39 is 11.8 Å². The summed E-state index contributed by atoms with van der Waals surface area (Å²) in [5.74, 6) is -1.50. The minimum Gasteiger partial charge on any atom is -0.493 e. The lowest BCUT2D eigenvalue weighted by Gasteiger charge is -2.14. The maximum atomic E-state index is 12.4. The van der Waals surface area contributed by atoms with Gasteiger partial charge in [0.15, 0.2) is 18.1 Å². The van der Waals surface area contributed by atoms with Crippen molar-refractivity contribution in [3.63, 3.8) is 0 Å². The lowest BCUT2D eigenvalue weighted by molar-refractivity contribution is -0.136. The maximum absolute atomic E-state index is 12.4. The Morgan fingerprint density at radius 3 is 2.28 bits per heavy atom. The number of amides is 3. The topological polar surface area (TPSA) is 118 Å². The van der Waals surface area contributed by atoms with Gasteiger partial charge in [-0.1, -0.05) is 36.4 Å². The molecule has 0 radical (unpaired) electrons. The Hall–Kier alpha value is -4.66. The fourth-order valence-electron chi connectivity index (χ4n) is 3.26. The van der Waals surface area contributed by atoms with Crippen LogP contribution in [0, 0.1) is 20.8 Å². The minimum absolute atomic E-state index is 0.262. The third-order valence-corrected chi connectivity index (χ3v) is 5.42. The molecule has 3 aromatic carbocycles. The maximum Gasteiger partial charge on any atom is 0.329 e. The number of para-hydroxylation sites is 2. The number of hydrazone groups is 1. The number of anilines is 2. The molecule has 0 aromatic heterocycles. The van der Waals surface area contributed by atoms with E-state index in [0.717, 1.165) is 16.7 Å². The molecule has 186 valence electrons. The molecule has 0 aliphatic heterocycles. The highest BCUT2D eigenvalue weighted by Crippen LogP contribution is 2.30. The Kier molecular flexibility index (Phi) is 8.77. The summed E-state index contributed by atoms with van der Waals surface area (Å²) in [5, 5.41) is 9.23. The molecule has 0 saturated carbocycles. The van der Waals surface area contributed by atoms with E-state index in [-0.39, 0.29) is 18.3 Å². The van der Waals surface area contributed by atoms with Crippen LogP contribution in [0.15, 0.2) is 65.8 Å². The van der Waals surface area contributed by atoms with Gasteiger partial charge >= 0.3 is 11.8 Å². The van der Waals surface area contributed by atoms with Gasteiger partial charge in [-0.25, -0.2) is 5.43 Å². The van der Waals surface area contributed by atoms with Crippen molar-refractivity contribution >= 4 is 35.3 Å². The fourth-order valence-corrected chi connectivity index (χ4v) is 3.26. The first-order valence-corrected chi connectivity index (χ1v) is 11.2. The molecule has 0 spiro atoms. The molecule has 9 heteroatoms. The van der Waals surface area contributed by atoms with Gasteiger partial charge in [0.2, 0.25) is 0 Å². The number of nitrogens with one attached hydrogen (secondary N) is 3. The highest BCUT2D eigenvalue weighted by atomic mass is 16.5. The summed E-state index contributed by atoms with van der Waals surface area (Å²) in [6.45, 7) is 5.38. The third-order valence-electron chi connectivity index (χ3n) is 5.42. The smallest absolute Gasteiger partial charge is 0.329 e. The number of carbonyl (C=O) groups is 3. The molecule has 0 heterocycles. The van der Waals surface area contributed by atoms with Crippen LogP contribution < -0.4 is 25.5 Å². The van der Waals surface area contributed by atoms with Gasteiger partial charge in [-0.05, 0) is 61.7 Å². The van der Waals surface area contributed by atoms with Crippen LogP contribution in [-0.2, 0) is 14.4 Å². The van der Waals surface area contributed by atoms with Gasteiger partial charge in [0.25, 0.3) is 5.91 Å². The average molecular weight is 489 g/mol. The fraction of sp³-hybridized carbons (Fsp3) is 0.185. The van der Waals surface area contributed by atoms with E-state index in [1.54, 1.807) is 36.4 Å². The molecule has 0 bridgehead atoms. The van der Waals surface area contributed by atoms with Gasteiger partial charge < -0.3 is 20.1 Å². The summed E-state index contributed by atoms with van der Waals surface area (Å²) >= 11 is 0. The zero-order chi connectivity index (χ0) is 26.1. The first kappa shape index (κ1) is 26.0. The molecule has 0 aliphatic carbocycles. The molecule has 9 nitrogen and oxygen atoms in total. The van der Waals surface area contributed by atoms with Crippen molar-refractivity contribution < 1.29 is 23.9 Å². The van der Waals surface area contributed by atoms with Crippen LogP contribution in [0.25, 0.3) is 0 Å². The summed E-state index contributed by atoms with van der Waals surface area (Å²) in [6.07, 6.45) is 1.31. The molecule has 36 heavy (non-hydrogen) atoms. The molecule has 0 fully saturated rings. The molecular formula is C27H28N4O5. The van der Waals surface area contributed by atoms with E-state index in [1.165, 1.54) is 13.3 Å². The second-order valence-electron chi connectivity index (χ2n) is 7.93. The van der Waals surface area contributed by atoms with E-state index in [1.807, 2.05) is 45.0 Å². The van der Waals surface area contributed by atoms with Gasteiger partial charge in [-0.3, -0.25) is 14.4 Å². The van der Waals surface area contributed by atoms with E-state index >= 15 is 0 Å². The minimum atomic E-state index is -0.935. The van der Waals surface area contributed by atoms with Crippen LogP contribution >= 0.6 is 0 Å². The van der Waals surface area contributed by atoms with Gasteiger partial charge in [0, 0.05) is 16.9 Å². The largest absolute Gasteiger partial charge is 0.493 e. The predicted octanol–water partition coefficient (Wildman–Crippen LogP) is 3.73. The monoisotopic (exact) mass is 488 g/mol. The Balaban J connectivity index is 1.64. The SMILES string of the molecule is COc1cccc(/C=N\NC(=O)C(=O)Nc2cccc(C)c2C)c1OCC(=O)Nc1ccccc1C. The summed E-state index contributed by atoms with van der Waals surface area (Å²) in [5.41, 5.74) is 6.65. The molecule has 3 rings (SSSR count). The second kappa shape index (κ2) is 12.2. The molecule has 3 amide bonds. The number of methoxy groups -OCH3 is 1. The number of hydrogen-bond acceptors (Lipinski definition) is 6. The van der Waals surface area contributed by atoms with Gasteiger partial charge in [0.1, 0.15) is 0 Å². The normalized spacial score (nSPS) is 10.6. The standard InChI is InChI=1S/C27H28N4O5/c1-17-10-7-13-22(19(17)3)30-26(33)27(34)31-28-15-20-11-8-14-23(35-4)25(20)36-16-24(32)29-21-12-6-5-9-18(21)2/h5-15H,16H2,1-4H3,(H,29,32)(H,30,33)(H,31,34)/b28-15-.